The van der Waals surface area contributed by atoms with Gasteiger partial charge in [0.15, 0.2) is 0 Å². The number of fused-ring (bicyclic) bond motifs is 1. The summed E-state index contributed by atoms with van der Waals surface area (Å²) in [5.74, 6) is 0.369. The number of carbonyl (C=O) groups is 1. The van der Waals surface area contributed by atoms with Crippen LogP contribution in [-0.4, -0.2) is 52.9 Å². The molecule has 2 aromatic rings. The van der Waals surface area contributed by atoms with Gasteiger partial charge < -0.3 is 9.80 Å². The molecular formula is C17H23N5O2S. The highest BCUT2D eigenvalue weighted by Crippen LogP contribution is 2.26. The van der Waals surface area contributed by atoms with Gasteiger partial charge in [-0.25, -0.2) is 4.98 Å². The maximum atomic E-state index is 13.0. The highest BCUT2D eigenvalue weighted by atomic mass is 32.1. The van der Waals surface area contributed by atoms with Gasteiger partial charge >= 0.3 is 0 Å². The van der Waals surface area contributed by atoms with E-state index >= 15 is 0 Å². The summed E-state index contributed by atoms with van der Waals surface area (Å²) in [7, 11) is 5.43. The molecule has 0 radical (unpaired) electrons. The van der Waals surface area contributed by atoms with Crippen molar-refractivity contribution < 1.29 is 4.79 Å². The summed E-state index contributed by atoms with van der Waals surface area (Å²) in [6.45, 7) is 4.63. The second kappa shape index (κ2) is 7.76. The molecule has 0 unspecified atom stereocenters. The number of nitriles is 1. The highest BCUT2D eigenvalue weighted by Gasteiger charge is 2.19. The molecule has 0 N–H and O–H groups in total. The number of rotatable bonds is 6. The molecule has 0 aliphatic heterocycles. The third-order valence-electron chi connectivity index (χ3n) is 4.10. The van der Waals surface area contributed by atoms with Crippen LogP contribution in [0.2, 0.25) is 0 Å². The number of carbonyl (C=O) groups excluding carboxylic acids is 1. The SMILES string of the molecule is Cc1sc2nc(CN(C)C)n(CC(=O)N(C)CCC#N)c(=O)c2c1C. The fourth-order valence-electron chi connectivity index (χ4n) is 2.53. The standard InChI is InChI=1S/C17H23N5O2S/c1-11-12(2)25-16-15(11)17(24)22(13(19-16)9-20(3)4)10-14(23)21(5)8-6-7-18/h6,8-10H2,1-5H3. The van der Waals surface area contributed by atoms with Crippen LogP contribution in [-0.2, 0) is 17.9 Å². The van der Waals surface area contributed by atoms with Gasteiger partial charge in [0, 0.05) is 18.5 Å². The number of aryl methyl sites for hydroxylation is 2. The number of aromatic nitrogens is 2. The zero-order chi connectivity index (χ0) is 18.7. The summed E-state index contributed by atoms with van der Waals surface area (Å²) in [6, 6.07) is 2.02. The number of hydrogen-bond donors (Lipinski definition) is 0. The quantitative estimate of drug-likeness (QED) is 0.779. The minimum Gasteiger partial charge on any atom is -0.343 e. The molecule has 134 valence electrons. The molecule has 0 saturated carbocycles. The lowest BCUT2D eigenvalue weighted by molar-refractivity contribution is -0.130. The van der Waals surface area contributed by atoms with Crippen LogP contribution in [0.15, 0.2) is 4.79 Å². The molecule has 7 nitrogen and oxygen atoms in total. The molecular weight excluding hydrogens is 338 g/mol. The van der Waals surface area contributed by atoms with E-state index in [1.54, 1.807) is 7.05 Å². The zero-order valence-electron chi connectivity index (χ0n) is 15.3. The maximum absolute atomic E-state index is 13.0. The second-order valence-corrected chi connectivity index (χ2v) is 7.55. The van der Waals surface area contributed by atoms with E-state index in [9.17, 15) is 9.59 Å². The number of thiophene rings is 1. The Bertz CT molecular complexity index is 891. The average Bonchev–Trinajstić information content (AvgIpc) is 2.82. The van der Waals surface area contributed by atoms with Gasteiger partial charge in [-0.1, -0.05) is 0 Å². The first kappa shape index (κ1) is 19.1. The molecule has 0 bridgehead atoms. The van der Waals surface area contributed by atoms with Crippen molar-refractivity contribution in [1.29, 1.82) is 5.26 Å². The van der Waals surface area contributed by atoms with Crippen molar-refractivity contribution in [2.45, 2.75) is 33.4 Å². The van der Waals surface area contributed by atoms with E-state index < -0.39 is 0 Å². The Morgan fingerprint density at radius 3 is 2.60 bits per heavy atom. The normalized spacial score (nSPS) is 11.1. The van der Waals surface area contributed by atoms with Gasteiger partial charge in [-0.3, -0.25) is 14.2 Å². The summed E-state index contributed by atoms with van der Waals surface area (Å²) < 4.78 is 1.46. The largest absolute Gasteiger partial charge is 0.343 e. The van der Waals surface area contributed by atoms with Crippen molar-refractivity contribution in [3.05, 3.63) is 26.6 Å². The molecule has 2 heterocycles. The Labute approximate surface area is 151 Å². The molecule has 2 aromatic heterocycles. The zero-order valence-corrected chi connectivity index (χ0v) is 16.1. The summed E-state index contributed by atoms with van der Waals surface area (Å²) in [5, 5.41) is 9.26. The number of amides is 1. The van der Waals surface area contributed by atoms with Crippen LogP contribution < -0.4 is 5.56 Å². The van der Waals surface area contributed by atoms with Gasteiger partial charge in [0.25, 0.3) is 5.56 Å². The lowest BCUT2D eigenvalue weighted by Gasteiger charge is -2.19. The van der Waals surface area contributed by atoms with E-state index in [-0.39, 0.29) is 24.4 Å². The first-order chi connectivity index (χ1) is 11.8. The maximum Gasteiger partial charge on any atom is 0.263 e. The van der Waals surface area contributed by atoms with Crippen molar-refractivity contribution >= 4 is 27.5 Å². The molecule has 0 aliphatic carbocycles. The minimum absolute atomic E-state index is 0.0682. The Hall–Kier alpha value is -2.24. The Kier molecular flexibility index (Phi) is 5.93. The van der Waals surface area contributed by atoms with E-state index in [1.165, 1.54) is 20.8 Å². The van der Waals surface area contributed by atoms with Crippen LogP contribution in [0.1, 0.15) is 22.7 Å². The molecule has 0 aromatic carbocycles. The monoisotopic (exact) mass is 361 g/mol. The number of likely N-dealkylation sites (N-methyl/N-ethyl adjacent to an activating group) is 1. The molecule has 0 atom stereocenters. The van der Waals surface area contributed by atoms with Crippen molar-refractivity contribution in [1.82, 2.24) is 19.4 Å². The predicted octanol–water partition coefficient (Wildman–Crippen LogP) is 1.51. The molecule has 1 amide bonds. The third kappa shape index (κ3) is 4.06. The molecule has 2 rings (SSSR count). The topological polar surface area (TPSA) is 82.2 Å². The van der Waals surface area contributed by atoms with Gasteiger partial charge in [0.2, 0.25) is 5.91 Å². The molecule has 0 aliphatic rings. The van der Waals surface area contributed by atoms with E-state index in [4.69, 9.17) is 5.26 Å². The fourth-order valence-corrected chi connectivity index (χ4v) is 3.57. The highest BCUT2D eigenvalue weighted by molar-refractivity contribution is 7.18. The van der Waals surface area contributed by atoms with Gasteiger partial charge in [-0.05, 0) is 33.5 Å². The summed E-state index contributed by atoms with van der Waals surface area (Å²) >= 11 is 1.50. The van der Waals surface area contributed by atoms with Crippen LogP contribution in [0.5, 0.6) is 0 Å². The predicted molar refractivity (Wildman–Crippen MR) is 98.6 cm³/mol. The summed E-state index contributed by atoms with van der Waals surface area (Å²) in [6.07, 6.45) is 0.266. The van der Waals surface area contributed by atoms with E-state index in [1.807, 2.05) is 38.9 Å². The van der Waals surface area contributed by atoms with E-state index in [0.717, 1.165) is 15.3 Å². The van der Waals surface area contributed by atoms with Crippen LogP contribution in [0.4, 0.5) is 0 Å². The van der Waals surface area contributed by atoms with Gasteiger partial charge in [0.1, 0.15) is 17.2 Å². The Balaban J connectivity index is 2.50. The van der Waals surface area contributed by atoms with Crippen LogP contribution in [0, 0.1) is 25.2 Å². The molecule has 0 fully saturated rings. The number of nitrogens with zero attached hydrogens (tertiary/aromatic N) is 5. The van der Waals surface area contributed by atoms with Crippen molar-refractivity contribution in [3.8, 4) is 6.07 Å². The van der Waals surface area contributed by atoms with E-state index in [2.05, 4.69) is 4.98 Å². The first-order valence-electron chi connectivity index (χ1n) is 8.01. The van der Waals surface area contributed by atoms with Crippen molar-refractivity contribution in [2.24, 2.45) is 0 Å². The Morgan fingerprint density at radius 1 is 1.32 bits per heavy atom. The smallest absolute Gasteiger partial charge is 0.263 e. The van der Waals surface area contributed by atoms with Crippen LogP contribution in [0.3, 0.4) is 0 Å². The van der Waals surface area contributed by atoms with Crippen molar-refractivity contribution in [3.63, 3.8) is 0 Å². The van der Waals surface area contributed by atoms with Gasteiger partial charge in [-0.15, -0.1) is 11.3 Å². The summed E-state index contributed by atoms with van der Waals surface area (Å²) in [5.41, 5.74) is 0.749. The number of hydrogen-bond acceptors (Lipinski definition) is 6. The third-order valence-corrected chi connectivity index (χ3v) is 5.20. The van der Waals surface area contributed by atoms with Gasteiger partial charge in [0.05, 0.1) is 24.4 Å². The first-order valence-corrected chi connectivity index (χ1v) is 8.83. The molecule has 25 heavy (non-hydrogen) atoms. The van der Waals surface area contributed by atoms with E-state index in [0.29, 0.717) is 24.3 Å². The van der Waals surface area contributed by atoms with Gasteiger partial charge in [-0.2, -0.15) is 5.26 Å². The van der Waals surface area contributed by atoms with Crippen molar-refractivity contribution in [2.75, 3.05) is 27.7 Å². The molecule has 0 saturated heterocycles. The van der Waals surface area contributed by atoms with Crippen LogP contribution >= 0.6 is 11.3 Å². The lowest BCUT2D eigenvalue weighted by atomic mass is 10.2. The fraction of sp³-hybridized carbons (Fsp3) is 0.529. The second-order valence-electron chi connectivity index (χ2n) is 6.34. The Morgan fingerprint density at radius 2 is 2.00 bits per heavy atom. The summed E-state index contributed by atoms with van der Waals surface area (Å²) in [4.78, 5) is 35.3. The molecule has 8 heteroatoms. The average molecular weight is 361 g/mol. The van der Waals surface area contributed by atoms with Crippen LogP contribution in [0.25, 0.3) is 10.2 Å². The minimum atomic E-state index is -0.205. The molecule has 0 spiro atoms. The lowest BCUT2D eigenvalue weighted by Crippen LogP contribution is -2.37.